The smallest absolute Gasteiger partial charge is 0.187 e. The van der Waals surface area contributed by atoms with Gasteiger partial charge in [-0.3, -0.25) is 0 Å². The van der Waals surface area contributed by atoms with E-state index in [-0.39, 0.29) is 0 Å². The van der Waals surface area contributed by atoms with E-state index in [0.29, 0.717) is 50.8 Å². The van der Waals surface area contributed by atoms with E-state index in [9.17, 15) is 15.8 Å². The zero-order valence-corrected chi connectivity index (χ0v) is 39.9. The van der Waals surface area contributed by atoms with Crippen LogP contribution in [-0.4, -0.2) is 19.1 Å². The molecular weight excluding hydrogens is 907 g/mol. The molecule has 0 amide bonds. The minimum atomic E-state index is 0.394. The highest BCUT2D eigenvalue weighted by atomic mass is 15.0. The summed E-state index contributed by atoms with van der Waals surface area (Å²) in [6.07, 6.45) is 0. The molecule has 0 unspecified atom stereocenters. The van der Waals surface area contributed by atoms with Crippen molar-refractivity contribution < 1.29 is 0 Å². The van der Waals surface area contributed by atoms with Gasteiger partial charge in [-0.2, -0.15) is 15.8 Å². The maximum Gasteiger partial charge on any atom is 0.187 e. The standard InChI is InChI=1S/C65H37N9/c1-39-25-40(2)72-65(71-39)64-62(73-58-32-48(44-11-5-9-41(26-44)36-66)17-21-54(58)56-23-19-50(34-60(56)73)46-13-7-15-52(30-46)69-3)28-43(38-68)29-63(64)74-59-33-49(45-12-6-10-42(27-45)37-67)18-22-55(59)57-24-20-51(35-61(57)74)47-14-8-16-53(31-47)70-4/h5-35H,1-2H3. The molecular formula is C65H37N9. The van der Waals surface area contributed by atoms with E-state index < -0.39 is 0 Å². The Morgan fingerprint density at radius 2 is 0.716 bits per heavy atom. The molecule has 3 aromatic heterocycles. The molecule has 9 nitrogen and oxygen atoms in total. The predicted octanol–water partition coefficient (Wildman–Crippen LogP) is 16.3. The van der Waals surface area contributed by atoms with E-state index >= 15 is 0 Å². The SMILES string of the molecule is [C-]#[N+]c1cccc(-c2ccc3c4ccc(-c5cccc(C#N)c5)cc4n(-c4cc(C#N)cc(-n5c6cc(-c7cccc(C#N)c7)ccc6c6ccc(-c7cccc([N+]#[C-])c7)cc65)c4-c4nc(C)cc(C)n4)c3c2)c1. The minimum Gasteiger partial charge on any atom is -0.308 e. The first-order chi connectivity index (χ1) is 36.2. The van der Waals surface area contributed by atoms with Crippen molar-refractivity contribution in [1.82, 2.24) is 19.1 Å². The average molecular weight is 944 g/mol. The van der Waals surface area contributed by atoms with Crippen LogP contribution in [0.25, 0.3) is 121 Å². The number of hydrogen-bond donors (Lipinski definition) is 0. The lowest BCUT2D eigenvalue weighted by atomic mass is 10.0. The monoisotopic (exact) mass is 943 g/mol. The van der Waals surface area contributed by atoms with E-state index in [2.05, 4.69) is 110 Å². The number of aryl methyl sites for hydroxylation is 2. The molecule has 0 spiro atoms. The summed E-state index contributed by atoms with van der Waals surface area (Å²) in [6, 6.07) is 68.6. The molecule has 9 heteroatoms. The third-order valence-corrected chi connectivity index (χ3v) is 13.7. The van der Waals surface area contributed by atoms with Gasteiger partial charge in [0.1, 0.15) is 0 Å². The third-order valence-electron chi connectivity index (χ3n) is 13.7. The summed E-state index contributed by atoms with van der Waals surface area (Å²) in [5, 5.41) is 35.0. The van der Waals surface area contributed by atoms with Gasteiger partial charge in [0.15, 0.2) is 17.2 Å². The third kappa shape index (κ3) is 7.54. The number of nitrogens with zero attached hydrogens (tertiary/aromatic N) is 9. The van der Waals surface area contributed by atoms with E-state index in [4.69, 9.17) is 23.1 Å². The Balaban J connectivity index is 1.25. The molecule has 0 saturated carbocycles. The topological polar surface area (TPSA) is 116 Å². The highest BCUT2D eigenvalue weighted by Gasteiger charge is 2.26. The van der Waals surface area contributed by atoms with Gasteiger partial charge in [0.2, 0.25) is 0 Å². The Hall–Kier alpha value is -10.9. The van der Waals surface area contributed by atoms with Gasteiger partial charge in [0.25, 0.3) is 0 Å². The Morgan fingerprint density at radius 3 is 1.07 bits per heavy atom. The van der Waals surface area contributed by atoms with Crippen LogP contribution < -0.4 is 0 Å². The molecule has 0 atom stereocenters. The largest absolute Gasteiger partial charge is 0.308 e. The van der Waals surface area contributed by atoms with Crippen LogP contribution in [0.5, 0.6) is 0 Å². The fraction of sp³-hybridized carbons (Fsp3) is 0.0308. The predicted molar refractivity (Wildman–Crippen MR) is 294 cm³/mol. The van der Waals surface area contributed by atoms with Crippen molar-refractivity contribution in [3.05, 3.63) is 239 Å². The second-order valence-electron chi connectivity index (χ2n) is 18.3. The maximum atomic E-state index is 11.3. The van der Waals surface area contributed by atoms with Crippen LogP contribution >= 0.6 is 0 Å². The van der Waals surface area contributed by atoms with Crippen molar-refractivity contribution >= 4 is 55.0 Å². The van der Waals surface area contributed by atoms with Crippen molar-refractivity contribution in [3.8, 4) is 85.5 Å². The molecule has 342 valence electrons. The molecule has 9 aromatic carbocycles. The van der Waals surface area contributed by atoms with Crippen molar-refractivity contribution in [1.29, 1.82) is 15.8 Å². The summed E-state index contributed by atoms with van der Waals surface area (Å²) >= 11 is 0. The van der Waals surface area contributed by atoms with Crippen molar-refractivity contribution in [2.75, 3.05) is 0 Å². The van der Waals surface area contributed by atoms with E-state index in [0.717, 1.165) is 99.5 Å². The molecule has 0 bridgehead atoms. The van der Waals surface area contributed by atoms with Gasteiger partial charge < -0.3 is 9.13 Å². The van der Waals surface area contributed by atoms with E-state index in [1.54, 1.807) is 24.3 Å². The molecule has 3 heterocycles. The van der Waals surface area contributed by atoms with Gasteiger partial charge in [0.05, 0.1) is 87.0 Å². The second-order valence-corrected chi connectivity index (χ2v) is 18.3. The Bertz CT molecular complexity index is 4080. The summed E-state index contributed by atoms with van der Waals surface area (Å²) in [7, 11) is 0. The fourth-order valence-electron chi connectivity index (χ4n) is 10.4. The molecule has 0 aliphatic carbocycles. The van der Waals surface area contributed by atoms with Crippen LogP contribution in [0.15, 0.2) is 188 Å². The highest BCUT2D eigenvalue weighted by Crippen LogP contribution is 2.45. The van der Waals surface area contributed by atoms with E-state index in [1.807, 2.05) is 105 Å². The number of benzene rings is 9. The first kappa shape index (κ1) is 44.3. The zero-order chi connectivity index (χ0) is 50.6. The summed E-state index contributed by atoms with van der Waals surface area (Å²) in [5.41, 5.74) is 16.6. The Morgan fingerprint density at radius 1 is 0.378 bits per heavy atom. The number of hydrogen-bond acceptors (Lipinski definition) is 5. The Kier molecular flexibility index (Phi) is 10.7. The molecule has 0 saturated heterocycles. The number of nitriles is 3. The number of rotatable bonds is 7. The summed E-state index contributed by atoms with van der Waals surface area (Å²) in [4.78, 5) is 17.9. The van der Waals surface area contributed by atoms with Crippen LogP contribution in [0.1, 0.15) is 28.1 Å². The average Bonchev–Trinajstić information content (AvgIpc) is 3.95. The van der Waals surface area contributed by atoms with Gasteiger partial charge in [-0.1, -0.05) is 109 Å². The van der Waals surface area contributed by atoms with E-state index in [1.165, 1.54) is 0 Å². The first-order valence-electron chi connectivity index (χ1n) is 23.8. The lowest BCUT2D eigenvalue weighted by molar-refractivity contribution is 1.04. The zero-order valence-electron chi connectivity index (χ0n) is 39.9. The molecule has 0 N–H and O–H groups in total. The number of aromatic nitrogens is 4. The summed E-state index contributed by atoms with van der Waals surface area (Å²) in [5.74, 6) is 0.458. The van der Waals surface area contributed by atoms with Crippen molar-refractivity contribution in [3.63, 3.8) is 0 Å². The quantitative estimate of drug-likeness (QED) is 0.148. The lowest BCUT2D eigenvalue weighted by Gasteiger charge is -2.21. The van der Waals surface area contributed by atoms with Crippen molar-refractivity contribution in [2.24, 2.45) is 0 Å². The summed E-state index contributed by atoms with van der Waals surface area (Å²) in [6.45, 7) is 19.5. The second kappa shape index (κ2) is 17.8. The van der Waals surface area contributed by atoms with Crippen LogP contribution in [0.4, 0.5) is 11.4 Å². The van der Waals surface area contributed by atoms with Crippen molar-refractivity contribution in [2.45, 2.75) is 13.8 Å². The van der Waals surface area contributed by atoms with Gasteiger partial charge in [-0.15, -0.1) is 0 Å². The molecule has 12 rings (SSSR count). The van der Waals surface area contributed by atoms with Gasteiger partial charge in [0, 0.05) is 32.9 Å². The van der Waals surface area contributed by atoms with Crippen LogP contribution in [0, 0.1) is 61.0 Å². The summed E-state index contributed by atoms with van der Waals surface area (Å²) < 4.78 is 4.42. The number of fused-ring (bicyclic) bond motifs is 6. The van der Waals surface area contributed by atoms with Crippen LogP contribution in [0.3, 0.4) is 0 Å². The molecule has 0 aliphatic rings. The molecule has 12 aromatic rings. The normalized spacial score (nSPS) is 11.0. The first-order valence-corrected chi connectivity index (χ1v) is 23.8. The maximum absolute atomic E-state index is 11.3. The highest BCUT2D eigenvalue weighted by molar-refractivity contribution is 6.14. The van der Waals surface area contributed by atoms with Gasteiger partial charge in [-0.05, 0) is 137 Å². The molecule has 0 aliphatic heterocycles. The van der Waals surface area contributed by atoms with Gasteiger partial charge >= 0.3 is 0 Å². The van der Waals surface area contributed by atoms with Crippen LogP contribution in [0.2, 0.25) is 0 Å². The minimum absolute atomic E-state index is 0.394. The Labute approximate surface area is 426 Å². The molecule has 0 radical (unpaired) electrons. The lowest BCUT2D eigenvalue weighted by Crippen LogP contribution is -2.08. The molecule has 74 heavy (non-hydrogen) atoms. The van der Waals surface area contributed by atoms with Gasteiger partial charge in [-0.25, -0.2) is 19.7 Å². The van der Waals surface area contributed by atoms with Crippen LogP contribution in [-0.2, 0) is 0 Å². The fourth-order valence-corrected chi connectivity index (χ4v) is 10.4. The molecule has 0 fully saturated rings.